The Bertz CT molecular complexity index is 431. The second kappa shape index (κ2) is 7.10. The van der Waals surface area contributed by atoms with Crippen LogP contribution in [-0.4, -0.2) is 26.7 Å². The van der Waals surface area contributed by atoms with Gasteiger partial charge in [-0.25, -0.2) is 13.1 Å². The normalized spacial score (nSPS) is 11.6. The smallest absolute Gasteiger partial charge is 0.240 e. The molecule has 0 heterocycles. The van der Waals surface area contributed by atoms with Gasteiger partial charge in [-0.05, 0) is 30.5 Å². The molecule has 6 heteroatoms. The van der Waals surface area contributed by atoms with Gasteiger partial charge >= 0.3 is 0 Å². The van der Waals surface area contributed by atoms with E-state index in [1.54, 1.807) is 24.3 Å². The molecule has 4 nitrogen and oxygen atoms in total. The van der Waals surface area contributed by atoms with E-state index in [-0.39, 0.29) is 11.5 Å². The molecule has 17 heavy (non-hydrogen) atoms. The van der Waals surface area contributed by atoms with Crippen LogP contribution in [0.2, 0.25) is 0 Å². The standard InChI is InChI=1S/C11H16BrNO3S/c12-9-10-3-5-11(6-4-10)17(15,16)13-7-1-2-8-14/h3-6,13-14H,1-2,7-9H2. The van der Waals surface area contributed by atoms with Gasteiger partial charge in [0.15, 0.2) is 0 Å². The molecule has 0 saturated heterocycles. The zero-order chi connectivity index (χ0) is 12.7. The second-order valence-corrected chi connectivity index (χ2v) is 5.93. The average Bonchev–Trinajstić information content (AvgIpc) is 2.35. The lowest BCUT2D eigenvalue weighted by Gasteiger charge is -2.06. The van der Waals surface area contributed by atoms with Gasteiger partial charge in [-0.2, -0.15) is 0 Å². The van der Waals surface area contributed by atoms with Crippen molar-refractivity contribution in [3.8, 4) is 0 Å². The van der Waals surface area contributed by atoms with Gasteiger partial charge in [0.1, 0.15) is 0 Å². The third kappa shape index (κ3) is 4.75. The maximum atomic E-state index is 11.8. The maximum absolute atomic E-state index is 11.8. The van der Waals surface area contributed by atoms with Gasteiger partial charge in [-0.15, -0.1) is 0 Å². The van der Waals surface area contributed by atoms with Gasteiger partial charge in [0, 0.05) is 18.5 Å². The Labute approximate surface area is 110 Å². The third-order valence-electron chi connectivity index (χ3n) is 2.26. The number of benzene rings is 1. The van der Waals surface area contributed by atoms with Crippen molar-refractivity contribution in [1.82, 2.24) is 4.72 Å². The molecule has 0 aliphatic carbocycles. The molecule has 1 aromatic rings. The second-order valence-electron chi connectivity index (χ2n) is 3.61. The van der Waals surface area contributed by atoms with Crippen molar-refractivity contribution in [2.24, 2.45) is 0 Å². The largest absolute Gasteiger partial charge is 0.396 e. The van der Waals surface area contributed by atoms with Crippen molar-refractivity contribution in [3.05, 3.63) is 29.8 Å². The van der Waals surface area contributed by atoms with Crippen LogP contribution in [0.3, 0.4) is 0 Å². The molecule has 0 atom stereocenters. The fourth-order valence-electron chi connectivity index (χ4n) is 1.28. The lowest BCUT2D eigenvalue weighted by atomic mass is 10.2. The fraction of sp³-hybridized carbons (Fsp3) is 0.455. The Morgan fingerprint density at radius 3 is 2.35 bits per heavy atom. The van der Waals surface area contributed by atoms with Crippen LogP contribution in [0.25, 0.3) is 0 Å². The summed E-state index contributed by atoms with van der Waals surface area (Å²) in [4.78, 5) is 0.270. The summed E-state index contributed by atoms with van der Waals surface area (Å²) in [6, 6.07) is 6.73. The van der Waals surface area contributed by atoms with E-state index in [1.807, 2.05) is 0 Å². The third-order valence-corrected chi connectivity index (χ3v) is 4.39. The van der Waals surface area contributed by atoms with Gasteiger partial charge in [0.2, 0.25) is 10.0 Å². The van der Waals surface area contributed by atoms with E-state index < -0.39 is 10.0 Å². The topological polar surface area (TPSA) is 66.4 Å². The number of nitrogens with one attached hydrogen (secondary N) is 1. The summed E-state index contributed by atoms with van der Waals surface area (Å²) in [5.74, 6) is 0. The molecule has 0 aliphatic heterocycles. The maximum Gasteiger partial charge on any atom is 0.240 e. The Morgan fingerprint density at radius 1 is 1.18 bits per heavy atom. The summed E-state index contributed by atoms with van der Waals surface area (Å²) in [7, 11) is -3.41. The van der Waals surface area contributed by atoms with Crippen LogP contribution in [0.1, 0.15) is 18.4 Å². The van der Waals surface area contributed by atoms with Gasteiger partial charge in [-0.1, -0.05) is 28.1 Å². The first-order chi connectivity index (χ1) is 8.10. The zero-order valence-corrected chi connectivity index (χ0v) is 11.8. The van der Waals surface area contributed by atoms with Crippen molar-refractivity contribution in [2.45, 2.75) is 23.1 Å². The van der Waals surface area contributed by atoms with Crippen LogP contribution in [0.15, 0.2) is 29.2 Å². The zero-order valence-electron chi connectivity index (χ0n) is 9.39. The van der Waals surface area contributed by atoms with E-state index >= 15 is 0 Å². The molecule has 0 aromatic heterocycles. The van der Waals surface area contributed by atoms with Crippen LogP contribution >= 0.6 is 15.9 Å². The number of hydrogen-bond donors (Lipinski definition) is 2. The van der Waals surface area contributed by atoms with E-state index in [4.69, 9.17) is 5.11 Å². The lowest BCUT2D eigenvalue weighted by molar-refractivity contribution is 0.285. The molecule has 0 radical (unpaired) electrons. The predicted octanol–water partition coefficient (Wildman–Crippen LogP) is 1.63. The number of hydrogen-bond acceptors (Lipinski definition) is 3. The number of aliphatic hydroxyl groups excluding tert-OH is 1. The highest BCUT2D eigenvalue weighted by molar-refractivity contribution is 9.08. The van der Waals surface area contributed by atoms with Gasteiger partial charge < -0.3 is 5.11 Å². The Hall–Kier alpha value is -0.430. The van der Waals surface area contributed by atoms with Crippen molar-refractivity contribution < 1.29 is 13.5 Å². The van der Waals surface area contributed by atoms with E-state index in [2.05, 4.69) is 20.7 Å². The minimum Gasteiger partial charge on any atom is -0.396 e. The molecule has 0 saturated carbocycles. The van der Waals surface area contributed by atoms with Crippen molar-refractivity contribution in [1.29, 1.82) is 0 Å². The summed E-state index contributed by atoms with van der Waals surface area (Å²) in [5, 5.41) is 9.29. The van der Waals surface area contributed by atoms with Crippen LogP contribution < -0.4 is 4.72 Å². The van der Waals surface area contributed by atoms with Crippen molar-refractivity contribution >= 4 is 26.0 Å². The van der Waals surface area contributed by atoms with Gasteiger partial charge in [0.05, 0.1) is 4.90 Å². The fourth-order valence-corrected chi connectivity index (χ4v) is 2.73. The molecule has 1 rings (SSSR count). The number of unbranched alkanes of at least 4 members (excludes halogenated alkanes) is 1. The first kappa shape index (κ1) is 14.6. The molecular formula is C11H16BrNO3S. The van der Waals surface area contributed by atoms with Gasteiger partial charge in [-0.3, -0.25) is 0 Å². The highest BCUT2D eigenvalue weighted by Crippen LogP contribution is 2.12. The van der Waals surface area contributed by atoms with E-state index in [0.29, 0.717) is 24.7 Å². The molecule has 0 bridgehead atoms. The number of alkyl halides is 1. The molecule has 2 N–H and O–H groups in total. The monoisotopic (exact) mass is 321 g/mol. The number of rotatable bonds is 7. The highest BCUT2D eigenvalue weighted by atomic mass is 79.9. The summed E-state index contributed by atoms with van der Waals surface area (Å²) >= 11 is 3.30. The highest BCUT2D eigenvalue weighted by Gasteiger charge is 2.12. The SMILES string of the molecule is O=S(=O)(NCCCCO)c1ccc(CBr)cc1. The summed E-state index contributed by atoms with van der Waals surface area (Å²) in [5.41, 5.74) is 1.03. The van der Waals surface area contributed by atoms with Gasteiger partial charge in [0.25, 0.3) is 0 Å². The molecular weight excluding hydrogens is 306 g/mol. The van der Waals surface area contributed by atoms with Crippen molar-refractivity contribution in [3.63, 3.8) is 0 Å². The number of aliphatic hydroxyl groups is 1. The summed E-state index contributed by atoms with van der Waals surface area (Å²) < 4.78 is 26.1. The Balaban J connectivity index is 2.62. The minimum atomic E-state index is -3.41. The molecule has 0 unspecified atom stereocenters. The Morgan fingerprint density at radius 2 is 1.82 bits per heavy atom. The first-order valence-electron chi connectivity index (χ1n) is 5.35. The average molecular weight is 322 g/mol. The van der Waals surface area contributed by atoms with E-state index in [1.165, 1.54) is 0 Å². The number of halogens is 1. The first-order valence-corrected chi connectivity index (χ1v) is 7.96. The molecule has 1 aromatic carbocycles. The van der Waals surface area contributed by atoms with E-state index in [0.717, 1.165) is 5.56 Å². The molecule has 0 amide bonds. The van der Waals surface area contributed by atoms with E-state index in [9.17, 15) is 8.42 Å². The summed E-state index contributed by atoms with van der Waals surface area (Å²) in [6.07, 6.45) is 1.24. The Kier molecular flexibility index (Phi) is 6.11. The molecule has 0 aliphatic rings. The minimum absolute atomic E-state index is 0.0850. The van der Waals surface area contributed by atoms with Crippen LogP contribution in [0.4, 0.5) is 0 Å². The quantitative estimate of drug-likeness (QED) is 0.592. The predicted molar refractivity (Wildman–Crippen MR) is 70.6 cm³/mol. The molecule has 0 fully saturated rings. The molecule has 0 spiro atoms. The van der Waals surface area contributed by atoms with Crippen LogP contribution in [0.5, 0.6) is 0 Å². The lowest BCUT2D eigenvalue weighted by Crippen LogP contribution is -2.24. The number of sulfonamides is 1. The molecule has 96 valence electrons. The summed E-state index contributed by atoms with van der Waals surface area (Å²) in [6.45, 7) is 0.435. The van der Waals surface area contributed by atoms with Crippen LogP contribution in [0, 0.1) is 0 Å². The van der Waals surface area contributed by atoms with Crippen molar-refractivity contribution in [2.75, 3.05) is 13.2 Å². The van der Waals surface area contributed by atoms with Crippen LogP contribution in [-0.2, 0) is 15.4 Å².